The summed E-state index contributed by atoms with van der Waals surface area (Å²) in [4.78, 5) is 1.37. The van der Waals surface area contributed by atoms with Crippen LogP contribution in [0.2, 0.25) is 0 Å². The molecule has 0 aliphatic carbocycles. The van der Waals surface area contributed by atoms with Crippen molar-refractivity contribution in [3.05, 3.63) is 20.8 Å². The molecule has 1 aromatic heterocycles. The van der Waals surface area contributed by atoms with Crippen LogP contribution in [-0.2, 0) is 0 Å². The van der Waals surface area contributed by atoms with Gasteiger partial charge in [-0.3, -0.25) is 0 Å². The smallest absolute Gasteiger partial charge is 0.0701 e. The Balaban J connectivity index is 2.50. The third kappa shape index (κ3) is 3.45. The molecule has 76 valence electrons. The van der Waals surface area contributed by atoms with Crippen LogP contribution in [0.15, 0.2) is 15.9 Å². The van der Waals surface area contributed by atoms with E-state index in [1.807, 2.05) is 7.05 Å². The quantitative estimate of drug-likeness (QED) is 0.638. The van der Waals surface area contributed by atoms with E-state index < -0.39 is 0 Å². The Morgan fingerprint density at radius 1 is 1.64 bits per heavy atom. The number of thiophene rings is 1. The zero-order chi connectivity index (χ0) is 10.4. The predicted octanol–water partition coefficient (Wildman–Crippen LogP) is 3.57. The lowest BCUT2D eigenvalue weighted by Gasteiger charge is -2.13. The maximum atomic E-state index is 5.22. The second kappa shape index (κ2) is 6.23. The second-order valence-electron chi connectivity index (χ2n) is 3.08. The van der Waals surface area contributed by atoms with Crippen molar-refractivity contribution < 1.29 is 0 Å². The molecule has 0 fully saturated rings. The summed E-state index contributed by atoms with van der Waals surface area (Å²) in [5.74, 6) is 2.67. The van der Waals surface area contributed by atoms with Gasteiger partial charge in [0.25, 0.3) is 0 Å². The van der Waals surface area contributed by atoms with Gasteiger partial charge in [0, 0.05) is 17.3 Å². The first-order valence-electron chi connectivity index (χ1n) is 4.64. The minimum Gasteiger partial charge on any atom is -0.312 e. The highest BCUT2D eigenvalue weighted by molar-refractivity contribution is 9.11. The highest BCUT2D eigenvalue weighted by Crippen LogP contribution is 2.29. The summed E-state index contributed by atoms with van der Waals surface area (Å²) >= 11 is 5.25. The summed E-state index contributed by atoms with van der Waals surface area (Å²) in [6, 6.07) is 4.69. The fraction of sp³-hybridized carbons (Fsp3) is 0.455. The fourth-order valence-electron chi connectivity index (χ4n) is 1.35. The van der Waals surface area contributed by atoms with Crippen LogP contribution in [-0.4, -0.2) is 7.05 Å². The molecule has 0 radical (unpaired) electrons. The van der Waals surface area contributed by atoms with Crippen LogP contribution in [0.3, 0.4) is 0 Å². The van der Waals surface area contributed by atoms with Crippen molar-refractivity contribution in [3.8, 4) is 12.3 Å². The van der Waals surface area contributed by atoms with Crippen molar-refractivity contribution in [1.82, 2.24) is 5.32 Å². The summed E-state index contributed by atoms with van der Waals surface area (Å²) in [6.45, 7) is 0. The van der Waals surface area contributed by atoms with Gasteiger partial charge in [0.2, 0.25) is 0 Å². The Bertz CT molecular complexity index is 313. The van der Waals surface area contributed by atoms with Crippen LogP contribution in [0, 0.1) is 12.3 Å². The summed E-state index contributed by atoms with van der Waals surface area (Å²) < 4.78 is 1.18. The highest BCUT2D eigenvalue weighted by Gasteiger charge is 2.10. The van der Waals surface area contributed by atoms with E-state index >= 15 is 0 Å². The van der Waals surface area contributed by atoms with E-state index in [0.717, 1.165) is 19.3 Å². The Kier molecular flexibility index (Phi) is 5.24. The van der Waals surface area contributed by atoms with Gasteiger partial charge in [-0.1, -0.05) is 0 Å². The van der Waals surface area contributed by atoms with Crippen molar-refractivity contribution in [3.63, 3.8) is 0 Å². The van der Waals surface area contributed by atoms with Gasteiger partial charge in [0.1, 0.15) is 0 Å². The molecule has 1 unspecified atom stereocenters. The van der Waals surface area contributed by atoms with Crippen molar-refractivity contribution in [2.24, 2.45) is 0 Å². The minimum absolute atomic E-state index is 0.444. The molecule has 1 rings (SSSR count). The summed E-state index contributed by atoms with van der Waals surface area (Å²) in [5, 5.41) is 3.31. The van der Waals surface area contributed by atoms with Crippen molar-refractivity contribution in [2.75, 3.05) is 7.05 Å². The van der Waals surface area contributed by atoms with E-state index in [1.165, 1.54) is 8.66 Å². The molecule has 0 amide bonds. The first-order valence-corrected chi connectivity index (χ1v) is 6.25. The van der Waals surface area contributed by atoms with Crippen LogP contribution in [0.25, 0.3) is 0 Å². The molecule has 1 nitrogen and oxygen atoms in total. The zero-order valence-corrected chi connectivity index (χ0v) is 10.6. The molecule has 0 aromatic carbocycles. The SMILES string of the molecule is C#CCCCC(NC)c1ccc(Br)s1. The lowest BCUT2D eigenvalue weighted by atomic mass is 10.1. The van der Waals surface area contributed by atoms with Gasteiger partial charge in [-0.15, -0.1) is 23.7 Å². The molecule has 14 heavy (non-hydrogen) atoms. The Morgan fingerprint density at radius 2 is 2.43 bits per heavy atom. The number of unbranched alkanes of at least 4 members (excludes halogenated alkanes) is 1. The van der Waals surface area contributed by atoms with Crippen LogP contribution in [0.1, 0.15) is 30.2 Å². The largest absolute Gasteiger partial charge is 0.312 e. The van der Waals surface area contributed by atoms with Gasteiger partial charge in [-0.2, -0.15) is 0 Å². The summed E-state index contributed by atoms with van der Waals surface area (Å²) in [6.07, 6.45) is 8.28. The fourth-order valence-corrected chi connectivity index (χ4v) is 2.92. The zero-order valence-electron chi connectivity index (χ0n) is 8.22. The van der Waals surface area contributed by atoms with E-state index in [-0.39, 0.29) is 0 Å². The summed E-state index contributed by atoms with van der Waals surface area (Å²) in [5.41, 5.74) is 0. The maximum Gasteiger partial charge on any atom is 0.0701 e. The van der Waals surface area contributed by atoms with E-state index in [2.05, 4.69) is 39.3 Å². The molecule has 0 aliphatic heterocycles. The number of hydrogen-bond donors (Lipinski definition) is 1. The van der Waals surface area contributed by atoms with E-state index in [9.17, 15) is 0 Å². The molecule has 3 heteroatoms. The lowest BCUT2D eigenvalue weighted by Crippen LogP contribution is -2.14. The highest BCUT2D eigenvalue weighted by atomic mass is 79.9. The average molecular weight is 272 g/mol. The molecule has 1 aromatic rings. The van der Waals surface area contributed by atoms with Gasteiger partial charge in [0.15, 0.2) is 0 Å². The standard InChI is InChI=1S/C11H14BrNS/c1-3-4-5-6-9(13-2)10-7-8-11(12)14-10/h1,7-9,13H,4-6H2,2H3. The molecular weight excluding hydrogens is 258 g/mol. The lowest BCUT2D eigenvalue weighted by molar-refractivity contribution is 0.540. The number of halogens is 1. The Labute approximate surface area is 98.0 Å². The Hall–Kier alpha value is -0.300. The number of terminal acetylenes is 1. The van der Waals surface area contributed by atoms with Crippen molar-refractivity contribution in [2.45, 2.75) is 25.3 Å². The third-order valence-electron chi connectivity index (χ3n) is 2.10. The number of hydrogen-bond acceptors (Lipinski definition) is 2. The van der Waals surface area contributed by atoms with Crippen LogP contribution in [0.5, 0.6) is 0 Å². The molecule has 0 spiro atoms. The van der Waals surface area contributed by atoms with Gasteiger partial charge in [-0.25, -0.2) is 0 Å². The molecule has 0 saturated carbocycles. The van der Waals surface area contributed by atoms with Crippen molar-refractivity contribution >= 4 is 27.3 Å². The Morgan fingerprint density at radius 3 is 2.93 bits per heavy atom. The van der Waals surface area contributed by atoms with Gasteiger partial charge < -0.3 is 5.32 Å². The summed E-state index contributed by atoms with van der Waals surface area (Å²) in [7, 11) is 1.99. The maximum absolute atomic E-state index is 5.22. The van der Waals surface area contributed by atoms with Gasteiger partial charge in [0.05, 0.1) is 3.79 Å². The van der Waals surface area contributed by atoms with E-state index in [1.54, 1.807) is 11.3 Å². The minimum atomic E-state index is 0.444. The van der Waals surface area contributed by atoms with Crippen LogP contribution >= 0.6 is 27.3 Å². The molecule has 0 bridgehead atoms. The van der Waals surface area contributed by atoms with Crippen LogP contribution in [0.4, 0.5) is 0 Å². The average Bonchev–Trinajstić information content (AvgIpc) is 2.60. The normalized spacial score (nSPS) is 12.4. The van der Waals surface area contributed by atoms with E-state index in [0.29, 0.717) is 6.04 Å². The third-order valence-corrected chi connectivity index (χ3v) is 3.84. The van der Waals surface area contributed by atoms with Crippen LogP contribution < -0.4 is 5.32 Å². The first kappa shape index (κ1) is 11.8. The molecule has 1 heterocycles. The molecule has 0 aliphatic rings. The molecule has 1 atom stereocenters. The molecule has 0 saturated heterocycles. The van der Waals surface area contributed by atoms with Gasteiger partial charge in [-0.05, 0) is 48.0 Å². The number of rotatable bonds is 5. The monoisotopic (exact) mass is 271 g/mol. The van der Waals surface area contributed by atoms with Gasteiger partial charge >= 0.3 is 0 Å². The topological polar surface area (TPSA) is 12.0 Å². The first-order chi connectivity index (χ1) is 6.77. The van der Waals surface area contributed by atoms with Crippen molar-refractivity contribution in [1.29, 1.82) is 0 Å². The second-order valence-corrected chi connectivity index (χ2v) is 5.57. The van der Waals surface area contributed by atoms with E-state index in [4.69, 9.17) is 6.42 Å². The predicted molar refractivity (Wildman–Crippen MR) is 66.5 cm³/mol. The molecular formula is C11H14BrNS. The molecule has 1 N–H and O–H groups in total. The number of nitrogens with one attached hydrogen (secondary N) is 1.